The lowest BCUT2D eigenvalue weighted by atomic mass is 10.2. The summed E-state index contributed by atoms with van der Waals surface area (Å²) in [6.45, 7) is 5.72. The number of halogens is 1. The van der Waals surface area contributed by atoms with Crippen molar-refractivity contribution >= 4 is 17.5 Å². The van der Waals surface area contributed by atoms with Crippen molar-refractivity contribution in [2.45, 2.75) is 45.8 Å². The summed E-state index contributed by atoms with van der Waals surface area (Å²) in [5.41, 5.74) is 0.382. The number of nitrogens with one attached hydrogen (secondary N) is 1. The number of nitriles is 1. The first-order valence-electron chi connectivity index (χ1n) is 6.64. The maximum Gasteiger partial charge on any atom is 0.260 e. The van der Waals surface area contributed by atoms with E-state index in [2.05, 4.69) is 12.2 Å². The summed E-state index contributed by atoms with van der Waals surface area (Å²) < 4.78 is 5.53. The maximum absolute atomic E-state index is 11.9. The second-order valence-electron chi connectivity index (χ2n) is 4.71. The summed E-state index contributed by atoms with van der Waals surface area (Å²) in [7, 11) is 0. The monoisotopic (exact) mass is 294 g/mol. The smallest absolute Gasteiger partial charge is 0.260 e. The zero-order valence-electron chi connectivity index (χ0n) is 11.9. The van der Waals surface area contributed by atoms with E-state index >= 15 is 0 Å². The SMILES string of the molecule is CCCC(C)NC(=O)C(C)Oc1ccc(C#N)c(Cl)c1. The molecule has 20 heavy (non-hydrogen) atoms. The second kappa shape index (κ2) is 7.76. The van der Waals surface area contributed by atoms with E-state index in [-0.39, 0.29) is 11.9 Å². The lowest BCUT2D eigenvalue weighted by Gasteiger charge is -2.18. The van der Waals surface area contributed by atoms with Gasteiger partial charge < -0.3 is 10.1 Å². The molecular weight excluding hydrogens is 276 g/mol. The van der Waals surface area contributed by atoms with E-state index in [4.69, 9.17) is 21.6 Å². The van der Waals surface area contributed by atoms with Gasteiger partial charge in [0.2, 0.25) is 0 Å². The molecule has 108 valence electrons. The lowest BCUT2D eigenvalue weighted by Crippen LogP contribution is -2.41. The predicted molar refractivity (Wildman–Crippen MR) is 78.8 cm³/mol. The molecule has 5 heteroatoms. The van der Waals surface area contributed by atoms with Crippen molar-refractivity contribution in [3.63, 3.8) is 0 Å². The number of hydrogen-bond donors (Lipinski definition) is 1. The van der Waals surface area contributed by atoms with E-state index in [1.54, 1.807) is 25.1 Å². The molecule has 2 atom stereocenters. The fourth-order valence-corrected chi connectivity index (χ4v) is 2.00. The summed E-state index contributed by atoms with van der Waals surface area (Å²) in [5.74, 6) is 0.311. The molecule has 1 aromatic carbocycles. The number of rotatable bonds is 6. The Hall–Kier alpha value is -1.73. The number of nitrogens with zero attached hydrogens (tertiary/aromatic N) is 1. The number of carbonyl (C=O) groups is 1. The first kappa shape index (κ1) is 16.3. The fourth-order valence-electron chi connectivity index (χ4n) is 1.78. The van der Waals surface area contributed by atoms with Gasteiger partial charge in [-0.2, -0.15) is 5.26 Å². The third-order valence-electron chi connectivity index (χ3n) is 2.85. The molecule has 1 amide bonds. The standard InChI is InChI=1S/C15H19ClN2O2/c1-4-5-10(2)18-15(19)11(3)20-13-7-6-12(9-17)14(16)8-13/h6-8,10-11H,4-5H2,1-3H3,(H,18,19). The van der Waals surface area contributed by atoms with Crippen molar-refractivity contribution in [1.82, 2.24) is 5.32 Å². The summed E-state index contributed by atoms with van der Waals surface area (Å²) in [4.78, 5) is 11.9. The predicted octanol–water partition coefficient (Wildman–Crippen LogP) is 3.28. The van der Waals surface area contributed by atoms with Crippen LogP contribution in [-0.2, 0) is 4.79 Å². The molecule has 0 aromatic heterocycles. The number of hydrogen-bond acceptors (Lipinski definition) is 3. The molecule has 1 N–H and O–H groups in total. The van der Waals surface area contributed by atoms with Crippen LogP contribution >= 0.6 is 11.6 Å². The van der Waals surface area contributed by atoms with Gasteiger partial charge in [-0.15, -0.1) is 0 Å². The van der Waals surface area contributed by atoms with Crippen molar-refractivity contribution in [3.8, 4) is 11.8 Å². The minimum atomic E-state index is -0.613. The van der Waals surface area contributed by atoms with Gasteiger partial charge in [-0.1, -0.05) is 24.9 Å². The molecule has 0 aliphatic carbocycles. The van der Waals surface area contributed by atoms with Gasteiger partial charge in [-0.25, -0.2) is 0 Å². The van der Waals surface area contributed by atoms with Gasteiger partial charge >= 0.3 is 0 Å². The Labute approximate surface area is 124 Å². The molecule has 2 unspecified atom stereocenters. The Balaban J connectivity index is 2.62. The van der Waals surface area contributed by atoms with Gasteiger partial charge in [0.1, 0.15) is 11.8 Å². The Kier molecular flexibility index (Phi) is 6.33. The van der Waals surface area contributed by atoms with E-state index in [1.165, 1.54) is 0 Å². The summed E-state index contributed by atoms with van der Waals surface area (Å²) in [6, 6.07) is 6.84. The van der Waals surface area contributed by atoms with Crippen molar-refractivity contribution in [2.75, 3.05) is 0 Å². The summed E-state index contributed by atoms with van der Waals surface area (Å²) in [5, 5.41) is 12.0. The molecule has 0 saturated carbocycles. The van der Waals surface area contributed by atoms with Crippen LogP contribution in [0.1, 0.15) is 39.2 Å². The average Bonchev–Trinajstić information content (AvgIpc) is 2.39. The number of benzene rings is 1. The van der Waals surface area contributed by atoms with Crippen LogP contribution in [0.3, 0.4) is 0 Å². The normalized spacial score (nSPS) is 13.2. The Morgan fingerprint density at radius 2 is 2.20 bits per heavy atom. The molecule has 0 bridgehead atoms. The van der Waals surface area contributed by atoms with Crippen LogP contribution in [0, 0.1) is 11.3 Å². The molecule has 0 saturated heterocycles. The van der Waals surface area contributed by atoms with Gasteiger partial charge in [0.15, 0.2) is 6.10 Å². The van der Waals surface area contributed by atoms with Crippen LogP contribution in [0.5, 0.6) is 5.75 Å². The minimum absolute atomic E-state index is 0.128. The third kappa shape index (κ3) is 4.75. The fraction of sp³-hybridized carbons (Fsp3) is 0.467. The average molecular weight is 295 g/mol. The molecule has 1 rings (SSSR count). The highest BCUT2D eigenvalue weighted by atomic mass is 35.5. The van der Waals surface area contributed by atoms with E-state index in [0.717, 1.165) is 12.8 Å². The van der Waals surface area contributed by atoms with Crippen molar-refractivity contribution in [1.29, 1.82) is 5.26 Å². The van der Waals surface area contributed by atoms with Crippen molar-refractivity contribution < 1.29 is 9.53 Å². The van der Waals surface area contributed by atoms with E-state index in [1.807, 2.05) is 13.0 Å². The largest absolute Gasteiger partial charge is 0.481 e. The molecular formula is C15H19ClN2O2. The first-order chi connectivity index (χ1) is 9.47. The van der Waals surface area contributed by atoms with Gasteiger partial charge in [0.25, 0.3) is 5.91 Å². The molecule has 0 radical (unpaired) electrons. The molecule has 0 spiro atoms. The molecule has 0 fully saturated rings. The van der Waals surface area contributed by atoms with Crippen molar-refractivity contribution in [3.05, 3.63) is 28.8 Å². The highest BCUT2D eigenvalue weighted by molar-refractivity contribution is 6.31. The molecule has 1 aromatic rings. The number of ether oxygens (including phenoxy) is 1. The van der Waals surface area contributed by atoms with E-state index < -0.39 is 6.10 Å². The van der Waals surface area contributed by atoms with Crippen LogP contribution in [0.25, 0.3) is 0 Å². The number of carbonyl (C=O) groups excluding carboxylic acids is 1. The van der Waals surface area contributed by atoms with Crippen LogP contribution in [0.15, 0.2) is 18.2 Å². The summed E-state index contributed by atoms with van der Waals surface area (Å²) in [6.07, 6.45) is 1.33. The molecule has 0 aliphatic rings. The molecule has 0 heterocycles. The number of amides is 1. The zero-order valence-corrected chi connectivity index (χ0v) is 12.7. The van der Waals surface area contributed by atoms with Crippen LogP contribution in [-0.4, -0.2) is 18.1 Å². The van der Waals surface area contributed by atoms with E-state index in [0.29, 0.717) is 16.3 Å². The van der Waals surface area contributed by atoms with E-state index in [9.17, 15) is 4.79 Å². The Morgan fingerprint density at radius 3 is 2.75 bits per heavy atom. The van der Waals surface area contributed by atoms with Crippen LogP contribution in [0.2, 0.25) is 5.02 Å². The topological polar surface area (TPSA) is 62.1 Å². The van der Waals surface area contributed by atoms with Crippen LogP contribution in [0.4, 0.5) is 0 Å². The maximum atomic E-state index is 11.9. The van der Waals surface area contributed by atoms with Gasteiger partial charge in [0.05, 0.1) is 10.6 Å². The summed E-state index contributed by atoms with van der Waals surface area (Å²) >= 11 is 5.92. The molecule has 4 nitrogen and oxygen atoms in total. The Bertz CT molecular complexity index is 511. The lowest BCUT2D eigenvalue weighted by molar-refractivity contribution is -0.127. The second-order valence-corrected chi connectivity index (χ2v) is 5.12. The van der Waals surface area contributed by atoms with Crippen molar-refractivity contribution in [2.24, 2.45) is 0 Å². The molecule has 0 aliphatic heterocycles. The first-order valence-corrected chi connectivity index (χ1v) is 7.02. The highest BCUT2D eigenvalue weighted by Crippen LogP contribution is 2.22. The van der Waals surface area contributed by atoms with Crippen LogP contribution < -0.4 is 10.1 Å². The minimum Gasteiger partial charge on any atom is -0.481 e. The van der Waals surface area contributed by atoms with Gasteiger partial charge in [-0.05, 0) is 32.4 Å². The highest BCUT2D eigenvalue weighted by Gasteiger charge is 2.17. The Morgan fingerprint density at radius 1 is 1.50 bits per heavy atom. The third-order valence-corrected chi connectivity index (χ3v) is 3.17. The van der Waals surface area contributed by atoms with Gasteiger partial charge in [-0.3, -0.25) is 4.79 Å². The van der Waals surface area contributed by atoms with Gasteiger partial charge in [0, 0.05) is 12.1 Å². The quantitative estimate of drug-likeness (QED) is 0.876. The zero-order chi connectivity index (χ0) is 15.1.